The largest absolute Gasteiger partial charge is 0.205 e. The van der Waals surface area contributed by atoms with Crippen molar-refractivity contribution < 1.29 is 110 Å². The summed E-state index contributed by atoms with van der Waals surface area (Å²) in [5, 5.41) is 0. The molecule has 0 heterocycles. The molecule has 4 fully saturated rings. The van der Waals surface area contributed by atoms with Gasteiger partial charge in [0, 0.05) is 11.0 Å². The third-order valence-electron chi connectivity index (χ3n) is 13.2. The fourth-order valence-electron chi connectivity index (χ4n) is 10.5. The van der Waals surface area contributed by atoms with Crippen molar-refractivity contribution in [1.82, 2.24) is 0 Å². The molecule has 0 N–H and O–H groups in total. The van der Waals surface area contributed by atoms with Crippen molar-refractivity contribution in [1.29, 1.82) is 0 Å². The van der Waals surface area contributed by atoms with Gasteiger partial charge in [-0.15, -0.1) is 0 Å². The fraction of sp³-hybridized carbons (Fsp3) is 0.200. The smallest absolute Gasteiger partial charge is 0.200 e. The summed E-state index contributed by atoms with van der Waals surface area (Å²) >= 11 is 0. The zero-order chi connectivity index (χ0) is 51.6. The highest BCUT2D eigenvalue weighted by Gasteiger charge is 2.59. The third kappa shape index (κ3) is 6.22. The van der Waals surface area contributed by atoms with Gasteiger partial charge in [-0.2, -0.15) is 0 Å². The van der Waals surface area contributed by atoms with Crippen LogP contribution in [-0.4, -0.2) is 0 Å². The van der Waals surface area contributed by atoms with E-state index in [-0.39, 0.29) is 37.0 Å². The molecule has 70 heavy (non-hydrogen) atoms. The standard InChI is InChI=1S/C45H13F25/c46-20-9(12-23(49)27(53)15(28(54)24(12)50)17-33(59)39(65)43(69)40(66)34(17)60)21(47)11(14-31(57)37(63)19(38(64)32(14)58)45-3-6-1-7(4-45)8(2-6)5-45)22(48)10(20)13-25(51)29(55)16(30(56)26(13)52)18-35(61)41(67)44(70)42(68)36(18)62/h6-8H,1-5H2. The number of rotatable bonds is 6. The number of benzene rings is 6. The topological polar surface area (TPSA) is 0 Å². The molecule has 0 nitrogen and oxygen atoms in total. The lowest BCUT2D eigenvalue weighted by atomic mass is 9.65. The minimum absolute atomic E-state index is 0.124. The first kappa shape index (κ1) is 48.6. The van der Waals surface area contributed by atoms with Gasteiger partial charge in [-0.3, -0.25) is 0 Å². The molecule has 368 valence electrons. The van der Waals surface area contributed by atoms with Gasteiger partial charge in [0.05, 0.1) is 55.6 Å². The van der Waals surface area contributed by atoms with Gasteiger partial charge in [0.15, 0.2) is 116 Å². The fourth-order valence-corrected chi connectivity index (χ4v) is 10.5. The molecule has 6 aromatic rings. The van der Waals surface area contributed by atoms with Crippen molar-refractivity contribution in [2.24, 2.45) is 17.8 Å². The highest BCUT2D eigenvalue weighted by Crippen LogP contribution is 2.66. The molecule has 10 rings (SSSR count). The number of hydrogen-bond acceptors (Lipinski definition) is 0. The molecule has 25 heteroatoms. The lowest BCUT2D eigenvalue weighted by molar-refractivity contribution is 0.213. The van der Waals surface area contributed by atoms with Gasteiger partial charge in [0.1, 0.15) is 17.5 Å². The predicted molar refractivity (Wildman–Crippen MR) is 188 cm³/mol. The first-order valence-corrected chi connectivity index (χ1v) is 19.5. The molecule has 0 aliphatic heterocycles. The van der Waals surface area contributed by atoms with Crippen molar-refractivity contribution in [2.75, 3.05) is 0 Å². The van der Waals surface area contributed by atoms with Gasteiger partial charge >= 0.3 is 0 Å². The summed E-state index contributed by atoms with van der Waals surface area (Å²) < 4.78 is 386. The summed E-state index contributed by atoms with van der Waals surface area (Å²) in [5.41, 5.74) is -33.2. The molecule has 0 amide bonds. The summed E-state index contributed by atoms with van der Waals surface area (Å²) in [6, 6.07) is 0. The zero-order valence-corrected chi connectivity index (χ0v) is 33.2. The maximum absolute atomic E-state index is 16.9. The Kier molecular flexibility index (Phi) is 11.1. The lowest BCUT2D eigenvalue weighted by Crippen LogP contribution is -2.34. The summed E-state index contributed by atoms with van der Waals surface area (Å²) in [5.74, 6) is -80.9. The van der Waals surface area contributed by atoms with Crippen LogP contribution >= 0.6 is 0 Å². The number of hydrogen-bond donors (Lipinski definition) is 0. The second kappa shape index (κ2) is 16.0. The Morgan fingerprint density at radius 3 is 0.586 bits per heavy atom. The van der Waals surface area contributed by atoms with E-state index >= 15 is 65.9 Å². The van der Waals surface area contributed by atoms with Crippen LogP contribution in [0.4, 0.5) is 110 Å². The van der Waals surface area contributed by atoms with Gasteiger partial charge in [0.25, 0.3) is 0 Å². The molecule has 6 aromatic carbocycles. The van der Waals surface area contributed by atoms with Crippen LogP contribution in [0.3, 0.4) is 0 Å². The molecule has 4 bridgehead atoms. The van der Waals surface area contributed by atoms with E-state index in [1.165, 1.54) is 0 Å². The van der Waals surface area contributed by atoms with Crippen LogP contribution in [0.15, 0.2) is 0 Å². The predicted octanol–water partition coefficient (Wildman–Crippen LogP) is 15.6. The summed E-state index contributed by atoms with van der Waals surface area (Å²) in [4.78, 5) is 0. The molecule has 0 radical (unpaired) electrons. The summed E-state index contributed by atoms with van der Waals surface area (Å²) in [6.45, 7) is 0. The van der Waals surface area contributed by atoms with Crippen molar-refractivity contribution in [3.63, 3.8) is 0 Å². The average molecular weight is 1030 g/mol. The van der Waals surface area contributed by atoms with E-state index in [0.29, 0.717) is 12.8 Å². The highest BCUT2D eigenvalue weighted by atomic mass is 19.2. The van der Waals surface area contributed by atoms with Crippen molar-refractivity contribution in [2.45, 2.75) is 37.5 Å². The van der Waals surface area contributed by atoms with Gasteiger partial charge < -0.3 is 0 Å². The highest BCUT2D eigenvalue weighted by molar-refractivity contribution is 5.87. The first-order valence-electron chi connectivity index (χ1n) is 19.5. The van der Waals surface area contributed by atoms with Crippen LogP contribution in [0.2, 0.25) is 0 Å². The molecule has 0 saturated heterocycles. The summed E-state index contributed by atoms with van der Waals surface area (Å²) in [7, 11) is 0. The second-order valence-corrected chi connectivity index (χ2v) is 16.7. The van der Waals surface area contributed by atoms with Crippen LogP contribution in [-0.2, 0) is 5.41 Å². The van der Waals surface area contributed by atoms with E-state index in [1.54, 1.807) is 0 Å². The molecule has 2 atom stereocenters. The molecule has 4 saturated carbocycles. The van der Waals surface area contributed by atoms with Crippen molar-refractivity contribution in [3.8, 4) is 55.6 Å². The molecule has 0 aromatic heterocycles. The third-order valence-corrected chi connectivity index (χ3v) is 13.2. The van der Waals surface area contributed by atoms with Gasteiger partial charge in [-0.25, -0.2) is 110 Å². The van der Waals surface area contributed by atoms with E-state index < -0.39 is 212 Å². The monoisotopic (exact) mass is 1030 g/mol. The SMILES string of the molecule is Fc1c(F)c(F)c(-c2c(F)c(F)c(-c3c(F)c(-c4c(F)c(F)c(-c5c(F)c(F)c(F)c(F)c5F)c(F)c4F)c(F)c(-c4c(F)c(F)c(C56CC7CC(C5)C(C7)C6)c(F)c4F)c3F)c(F)c2F)c(F)c1F. The van der Waals surface area contributed by atoms with E-state index in [9.17, 15) is 43.9 Å². The Balaban J connectivity index is 1.40. The van der Waals surface area contributed by atoms with Crippen LogP contribution in [0, 0.1) is 163 Å². The Labute approximate surface area is 371 Å². The minimum Gasteiger partial charge on any atom is -0.205 e. The van der Waals surface area contributed by atoms with E-state index in [2.05, 4.69) is 0 Å². The maximum atomic E-state index is 16.9. The maximum Gasteiger partial charge on any atom is 0.200 e. The summed E-state index contributed by atoms with van der Waals surface area (Å²) in [6.07, 6.45) is 0.656. The van der Waals surface area contributed by atoms with Crippen LogP contribution < -0.4 is 0 Å². The molecule has 0 spiro atoms. The normalized spacial score (nSPS) is 19.4. The Bertz CT molecular complexity index is 3060. The minimum atomic E-state index is -3.53. The van der Waals surface area contributed by atoms with Crippen LogP contribution in [0.25, 0.3) is 55.6 Å². The van der Waals surface area contributed by atoms with E-state index in [1.807, 2.05) is 0 Å². The van der Waals surface area contributed by atoms with Crippen LogP contribution in [0.5, 0.6) is 0 Å². The second-order valence-electron chi connectivity index (χ2n) is 16.7. The van der Waals surface area contributed by atoms with Gasteiger partial charge in [0.2, 0.25) is 11.6 Å². The molecular formula is C45H13F25. The van der Waals surface area contributed by atoms with Crippen molar-refractivity contribution in [3.05, 3.63) is 151 Å². The Morgan fingerprint density at radius 1 is 0.200 bits per heavy atom. The molecule has 4 aliphatic rings. The van der Waals surface area contributed by atoms with Gasteiger partial charge in [-0.05, 0) is 49.9 Å². The Morgan fingerprint density at radius 2 is 0.371 bits per heavy atom. The van der Waals surface area contributed by atoms with Crippen LogP contribution in [0.1, 0.15) is 37.7 Å². The zero-order valence-electron chi connectivity index (χ0n) is 33.2. The average Bonchev–Trinajstić information content (AvgIpc) is 3.74. The molecule has 2 unspecified atom stereocenters. The van der Waals surface area contributed by atoms with E-state index in [4.69, 9.17) is 0 Å². The molecule has 4 aliphatic carbocycles. The number of halogens is 25. The Hall–Kier alpha value is -6.43. The molecular weight excluding hydrogens is 1020 g/mol. The van der Waals surface area contributed by atoms with Crippen molar-refractivity contribution >= 4 is 0 Å². The lowest BCUT2D eigenvalue weighted by Gasteiger charge is -2.39. The van der Waals surface area contributed by atoms with E-state index in [0.717, 1.165) is 0 Å². The first-order chi connectivity index (χ1) is 32.6. The quantitative estimate of drug-likeness (QED) is 0.0886. The van der Waals surface area contributed by atoms with Gasteiger partial charge in [-0.1, -0.05) is 0 Å².